The maximum atomic E-state index is 13.8. The zero-order valence-electron chi connectivity index (χ0n) is 30.2. The minimum atomic E-state index is -6.16. The molecule has 1 aliphatic rings. The van der Waals surface area contributed by atoms with Crippen LogP contribution in [-0.2, 0) is 30.8 Å². The van der Waals surface area contributed by atoms with Gasteiger partial charge in [0.05, 0.1) is 29.6 Å². The standard InChI is InChI=1S/C37H46F4N2O7S/c1-23(2)48-34(44)32(49-35(4,5)6)29-24(3)42-33(50-51(45,46)37(39,40)41)30(31(29)43-20-18-36(7,8)19-21-43)26-11-15-28(16-12-26)47-22-17-25-9-13-27(38)14-10-25/h9-16,23,32H,17-22H2,1-8H3/t32-/m0/s1. The molecule has 0 spiro atoms. The van der Waals surface area contributed by atoms with E-state index in [9.17, 15) is 30.8 Å². The molecule has 14 heteroatoms. The fourth-order valence-electron chi connectivity index (χ4n) is 5.65. The molecule has 1 aliphatic heterocycles. The molecule has 1 aromatic heterocycles. The lowest BCUT2D eigenvalue weighted by molar-refractivity contribution is -0.171. The molecule has 3 aromatic rings. The van der Waals surface area contributed by atoms with Crippen molar-refractivity contribution in [2.45, 2.75) is 98.0 Å². The molecule has 0 aliphatic carbocycles. The fraction of sp³-hybridized carbons (Fsp3) is 0.514. The summed E-state index contributed by atoms with van der Waals surface area (Å²) in [5, 5.41) is 0. The number of pyridine rings is 1. The van der Waals surface area contributed by atoms with Gasteiger partial charge in [0.2, 0.25) is 5.88 Å². The van der Waals surface area contributed by atoms with Crippen LogP contribution in [0.4, 0.5) is 23.2 Å². The van der Waals surface area contributed by atoms with E-state index < -0.39 is 45.3 Å². The lowest BCUT2D eigenvalue weighted by Crippen LogP contribution is -2.39. The number of ether oxygens (including phenoxy) is 3. The van der Waals surface area contributed by atoms with Crippen molar-refractivity contribution >= 4 is 21.8 Å². The number of esters is 1. The molecule has 0 radical (unpaired) electrons. The average molecular weight is 739 g/mol. The van der Waals surface area contributed by atoms with Crippen molar-refractivity contribution in [3.05, 3.63) is 71.2 Å². The minimum Gasteiger partial charge on any atom is -0.493 e. The smallest absolute Gasteiger partial charge is 0.493 e. The van der Waals surface area contributed by atoms with E-state index in [4.69, 9.17) is 18.4 Å². The molecule has 2 aromatic carbocycles. The predicted molar refractivity (Wildman–Crippen MR) is 186 cm³/mol. The number of piperidine rings is 1. The summed E-state index contributed by atoms with van der Waals surface area (Å²) in [7, 11) is -6.16. The Balaban J connectivity index is 1.93. The molecular formula is C37H46F4N2O7S. The highest BCUT2D eigenvalue weighted by Gasteiger charge is 2.50. The summed E-state index contributed by atoms with van der Waals surface area (Å²) >= 11 is 0. The van der Waals surface area contributed by atoms with Gasteiger partial charge in [0.1, 0.15) is 11.6 Å². The highest BCUT2D eigenvalue weighted by atomic mass is 32.2. The Kier molecular flexibility index (Phi) is 12.0. The topological polar surface area (TPSA) is 104 Å². The van der Waals surface area contributed by atoms with Crippen LogP contribution in [0.3, 0.4) is 0 Å². The lowest BCUT2D eigenvalue weighted by atomic mass is 9.82. The molecule has 0 amide bonds. The second kappa shape index (κ2) is 15.4. The number of alkyl halides is 3. The number of benzene rings is 2. The molecule has 0 N–H and O–H groups in total. The Hall–Kier alpha value is -3.91. The van der Waals surface area contributed by atoms with Crippen molar-refractivity contribution in [2.75, 3.05) is 24.6 Å². The van der Waals surface area contributed by atoms with Gasteiger partial charge in [0.15, 0.2) is 6.10 Å². The number of aromatic nitrogens is 1. The molecule has 0 saturated carbocycles. The summed E-state index contributed by atoms with van der Waals surface area (Å²) in [5.41, 5.74) is -5.13. The van der Waals surface area contributed by atoms with Crippen molar-refractivity contribution in [2.24, 2.45) is 5.41 Å². The number of halogens is 4. The first-order chi connectivity index (χ1) is 23.6. The number of carbonyl (C=O) groups excluding carboxylic acids is 1. The van der Waals surface area contributed by atoms with Gasteiger partial charge in [-0.1, -0.05) is 38.1 Å². The molecule has 9 nitrogen and oxygen atoms in total. The third kappa shape index (κ3) is 10.3. The minimum absolute atomic E-state index is 0.0293. The third-order valence-electron chi connectivity index (χ3n) is 8.29. The summed E-state index contributed by atoms with van der Waals surface area (Å²) in [5.74, 6) is -1.47. The van der Waals surface area contributed by atoms with Crippen molar-refractivity contribution in [1.82, 2.24) is 4.98 Å². The number of hydrogen-bond acceptors (Lipinski definition) is 9. The van der Waals surface area contributed by atoms with Crippen LogP contribution in [0.5, 0.6) is 11.6 Å². The van der Waals surface area contributed by atoms with Gasteiger partial charge in [-0.3, -0.25) is 0 Å². The van der Waals surface area contributed by atoms with Gasteiger partial charge in [0.25, 0.3) is 0 Å². The molecule has 4 rings (SSSR count). The zero-order chi connectivity index (χ0) is 37.9. The molecule has 1 atom stereocenters. The summed E-state index contributed by atoms with van der Waals surface area (Å²) in [6.45, 7) is 15.4. The van der Waals surface area contributed by atoms with Gasteiger partial charge in [-0.2, -0.15) is 21.6 Å². The molecule has 51 heavy (non-hydrogen) atoms. The van der Waals surface area contributed by atoms with Crippen LogP contribution in [0.15, 0.2) is 48.5 Å². The Morgan fingerprint density at radius 1 is 0.980 bits per heavy atom. The Morgan fingerprint density at radius 2 is 1.57 bits per heavy atom. The summed E-state index contributed by atoms with van der Waals surface area (Å²) < 4.78 is 102. The van der Waals surface area contributed by atoms with Gasteiger partial charge in [-0.15, -0.1) is 0 Å². The Bertz CT molecular complexity index is 1780. The number of nitrogens with zero attached hydrogens (tertiary/aromatic N) is 2. The number of anilines is 1. The fourth-order valence-corrected chi connectivity index (χ4v) is 6.08. The van der Waals surface area contributed by atoms with Gasteiger partial charge in [0, 0.05) is 30.8 Å². The van der Waals surface area contributed by atoms with Crippen molar-refractivity contribution in [3.63, 3.8) is 0 Å². The number of hydrogen-bond donors (Lipinski definition) is 0. The quantitative estimate of drug-likeness (QED) is 0.0784. The number of carbonyl (C=O) groups is 1. The van der Waals surface area contributed by atoms with Crippen molar-refractivity contribution in [1.29, 1.82) is 0 Å². The van der Waals surface area contributed by atoms with Crippen LogP contribution >= 0.6 is 0 Å². The lowest BCUT2D eigenvalue weighted by Gasteiger charge is -2.41. The second-order valence-electron chi connectivity index (χ2n) is 14.6. The molecule has 1 fully saturated rings. The van der Waals surface area contributed by atoms with Crippen LogP contribution in [0.2, 0.25) is 0 Å². The molecule has 0 unspecified atom stereocenters. The van der Waals surface area contributed by atoms with Crippen molar-refractivity contribution < 1.29 is 49.2 Å². The number of aryl methyl sites for hydroxylation is 1. The zero-order valence-corrected chi connectivity index (χ0v) is 31.0. The van der Waals surface area contributed by atoms with E-state index in [1.54, 1.807) is 71.0 Å². The highest BCUT2D eigenvalue weighted by Crippen LogP contribution is 2.48. The first kappa shape index (κ1) is 39.9. The SMILES string of the molecule is Cc1nc(OS(=O)(=O)C(F)(F)F)c(-c2ccc(OCCc3ccc(F)cc3)cc2)c(N2CCC(C)(C)CC2)c1[C@H](OC(C)(C)C)C(=O)OC(C)C. The van der Waals surface area contributed by atoms with Crippen LogP contribution in [0, 0.1) is 18.2 Å². The third-order valence-corrected chi connectivity index (χ3v) is 9.23. The van der Waals surface area contributed by atoms with Crippen LogP contribution < -0.4 is 13.8 Å². The van der Waals surface area contributed by atoms with E-state index in [2.05, 4.69) is 18.8 Å². The Morgan fingerprint density at radius 3 is 2.10 bits per heavy atom. The van der Waals surface area contributed by atoms with Gasteiger partial charge in [-0.25, -0.2) is 14.2 Å². The first-order valence-electron chi connectivity index (χ1n) is 16.7. The van der Waals surface area contributed by atoms with E-state index >= 15 is 0 Å². The predicted octanol–water partition coefficient (Wildman–Crippen LogP) is 8.48. The van der Waals surface area contributed by atoms with Crippen molar-refractivity contribution in [3.8, 4) is 22.8 Å². The molecular weight excluding hydrogens is 692 g/mol. The van der Waals surface area contributed by atoms with Gasteiger partial charge < -0.3 is 23.3 Å². The number of rotatable bonds is 12. The van der Waals surface area contributed by atoms with E-state index in [1.165, 1.54) is 19.1 Å². The second-order valence-corrected chi connectivity index (χ2v) is 16.2. The maximum absolute atomic E-state index is 13.8. The largest absolute Gasteiger partial charge is 0.534 e. The van der Waals surface area contributed by atoms with E-state index in [0.717, 1.165) is 5.56 Å². The van der Waals surface area contributed by atoms with Gasteiger partial charge >= 0.3 is 21.6 Å². The maximum Gasteiger partial charge on any atom is 0.534 e. The molecule has 280 valence electrons. The monoisotopic (exact) mass is 738 g/mol. The van der Waals surface area contributed by atoms with E-state index in [-0.39, 0.29) is 45.9 Å². The summed E-state index contributed by atoms with van der Waals surface area (Å²) in [6, 6.07) is 12.3. The Labute approximate surface area is 297 Å². The first-order valence-corrected chi connectivity index (χ1v) is 18.1. The van der Waals surface area contributed by atoms with Crippen LogP contribution in [0.25, 0.3) is 11.1 Å². The molecule has 1 saturated heterocycles. The van der Waals surface area contributed by atoms with E-state index in [0.29, 0.717) is 38.1 Å². The highest BCUT2D eigenvalue weighted by molar-refractivity contribution is 7.88. The summed E-state index contributed by atoms with van der Waals surface area (Å²) in [4.78, 5) is 20.0. The van der Waals surface area contributed by atoms with Crippen LogP contribution in [0.1, 0.15) is 84.2 Å². The average Bonchev–Trinajstić information content (AvgIpc) is 3.00. The van der Waals surface area contributed by atoms with E-state index in [1.807, 2.05) is 4.90 Å². The summed E-state index contributed by atoms with van der Waals surface area (Å²) in [6.07, 6.45) is -0.0484. The van der Waals surface area contributed by atoms with Gasteiger partial charge in [-0.05, 0) is 95.2 Å². The molecule has 2 heterocycles. The molecule has 0 bridgehead atoms. The van der Waals surface area contributed by atoms with Crippen LogP contribution in [-0.4, -0.2) is 56.3 Å². The normalized spacial score (nSPS) is 15.8.